The molecular formula is C14H25N5O2. The van der Waals surface area contributed by atoms with Crippen molar-refractivity contribution in [3.8, 4) is 0 Å². The molecule has 1 saturated carbocycles. The largest absolute Gasteiger partial charge is 0.388 e. The quantitative estimate of drug-likeness (QED) is 0.340. The lowest BCUT2D eigenvalue weighted by molar-refractivity contribution is -0.137. The van der Waals surface area contributed by atoms with E-state index in [1.807, 2.05) is 0 Å². The molecule has 2 fully saturated rings. The molecule has 7 heteroatoms. The summed E-state index contributed by atoms with van der Waals surface area (Å²) in [5, 5.41) is 5.43. The van der Waals surface area contributed by atoms with Gasteiger partial charge in [-0.15, -0.1) is 0 Å². The number of amides is 2. The topological polar surface area (TPSA) is 99.8 Å². The molecule has 1 saturated heterocycles. The van der Waals surface area contributed by atoms with Crippen molar-refractivity contribution >= 4 is 17.6 Å². The number of amidine groups is 1. The minimum Gasteiger partial charge on any atom is -0.388 e. The first-order chi connectivity index (χ1) is 10.0. The van der Waals surface area contributed by atoms with Crippen LogP contribution < -0.4 is 16.4 Å². The Morgan fingerprint density at radius 1 is 1.52 bits per heavy atom. The summed E-state index contributed by atoms with van der Waals surface area (Å²) in [6.45, 7) is 3.00. The van der Waals surface area contributed by atoms with Gasteiger partial charge < -0.3 is 16.4 Å². The highest BCUT2D eigenvalue weighted by atomic mass is 16.2. The Morgan fingerprint density at radius 3 is 2.81 bits per heavy atom. The average molecular weight is 295 g/mol. The van der Waals surface area contributed by atoms with Gasteiger partial charge in [0.15, 0.2) is 0 Å². The maximum Gasteiger partial charge on any atom is 0.243 e. The third-order valence-corrected chi connectivity index (χ3v) is 3.99. The zero-order valence-electron chi connectivity index (χ0n) is 12.8. The lowest BCUT2D eigenvalue weighted by Crippen LogP contribution is -2.64. The molecule has 2 atom stereocenters. The number of piperazine rings is 1. The van der Waals surface area contributed by atoms with Crippen molar-refractivity contribution in [2.24, 2.45) is 10.7 Å². The van der Waals surface area contributed by atoms with Crippen LogP contribution in [-0.4, -0.2) is 60.8 Å². The fourth-order valence-corrected chi connectivity index (χ4v) is 2.77. The molecule has 7 nitrogen and oxygen atoms in total. The van der Waals surface area contributed by atoms with Crippen LogP contribution in [0.3, 0.4) is 0 Å². The van der Waals surface area contributed by atoms with E-state index in [1.54, 1.807) is 14.0 Å². The van der Waals surface area contributed by atoms with Gasteiger partial charge in [0.25, 0.3) is 0 Å². The number of carbonyl (C=O) groups is 2. The minimum absolute atomic E-state index is 0.0461. The Labute approximate surface area is 125 Å². The Morgan fingerprint density at radius 2 is 2.24 bits per heavy atom. The van der Waals surface area contributed by atoms with E-state index in [0.717, 1.165) is 25.7 Å². The Bertz CT molecular complexity index is 429. The van der Waals surface area contributed by atoms with Crippen molar-refractivity contribution in [3.05, 3.63) is 0 Å². The summed E-state index contributed by atoms with van der Waals surface area (Å²) in [6, 6.07) is -0.136. The first kappa shape index (κ1) is 15.8. The third-order valence-electron chi connectivity index (χ3n) is 3.99. The van der Waals surface area contributed by atoms with E-state index in [1.165, 1.54) is 0 Å². The summed E-state index contributed by atoms with van der Waals surface area (Å²) < 4.78 is 0. The molecule has 0 aromatic rings. The molecule has 0 radical (unpaired) electrons. The van der Waals surface area contributed by atoms with E-state index in [2.05, 4.69) is 20.5 Å². The molecule has 21 heavy (non-hydrogen) atoms. The number of likely N-dealkylation sites (N-methyl/N-ethyl adjacent to an activating group) is 1. The van der Waals surface area contributed by atoms with Crippen molar-refractivity contribution in [2.75, 3.05) is 20.1 Å². The lowest BCUT2D eigenvalue weighted by atomic mass is 10.0. The summed E-state index contributed by atoms with van der Waals surface area (Å²) in [4.78, 5) is 30.4. The first-order valence-electron chi connectivity index (χ1n) is 7.57. The number of nitrogens with one attached hydrogen (secondary N) is 2. The van der Waals surface area contributed by atoms with Crippen LogP contribution in [0.4, 0.5) is 0 Å². The van der Waals surface area contributed by atoms with Crippen molar-refractivity contribution in [1.82, 2.24) is 15.5 Å². The van der Waals surface area contributed by atoms with Crippen molar-refractivity contribution in [3.63, 3.8) is 0 Å². The van der Waals surface area contributed by atoms with E-state index in [-0.39, 0.29) is 17.9 Å². The second kappa shape index (κ2) is 6.89. The predicted molar refractivity (Wildman–Crippen MR) is 80.9 cm³/mol. The van der Waals surface area contributed by atoms with E-state index < -0.39 is 6.04 Å². The molecule has 1 heterocycles. The van der Waals surface area contributed by atoms with Crippen LogP contribution in [0.1, 0.15) is 32.6 Å². The molecule has 1 aliphatic carbocycles. The number of aliphatic imine (C=N–C) groups is 1. The van der Waals surface area contributed by atoms with Gasteiger partial charge in [-0.3, -0.25) is 19.5 Å². The molecule has 0 spiro atoms. The van der Waals surface area contributed by atoms with Gasteiger partial charge in [0, 0.05) is 26.2 Å². The van der Waals surface area contributed by atoms with Gasteiger partial charge in [0.1, 0.15) is 6.04 Å². The number of nitrogens with zero attached hydrogens (tertiary/aromatic N) is 2. The van der Waals surface area contributed by atoms with Gasteiger partial charge in [-0.2, -0.15) is 0 Å². The predicted octanol–water partition coefficient (Wildman–Crippen LogP) is -0.779. The lowest BCUT2D eigenvalue weighted by Gasteiger charge is -2.38. The maximum atomic E-state index is 12.3. The van der Waals surface area contributed by atoms with Crippen molar-refractivity contribution in [1.29, 1.82) is 0 Å². The molecule has 2 aliphatic rings. The highest BCUT2D eigenvalue weighted by molar-refractivity contribution is 5.91. The standard InChI is InChI=1S/C14H25N5O2/c1-9(15)17-7-3-4-12-14(21)18-11(13(20)16-2)8-19(12)10-5-6-10/h10-12H,3-8H2,1-2H3,(H2,15,17)(H,16,20)(H,18,21). The minimum atomic E-state index is -0.441. The van der Waals surface area contributed by atoms with Crippen LogP contribution >= 0.6 is 0 Å². The third kappa shape index (κ3) is 4.17. The Kier molecular flexibility index (Phi) is 5.17. The van der Waals surface area contributed by atoms with Crippen LogP contribution in [0.2, 0.25) is 0 Å². The molecule has 118 valence electrons. The monoisotopic (exact) mass is 295 g/mol. The Hall–Kier alpha value is -1.63. The second-order valence-electron chi connectivity index (χ2n) is 5.78. The van der Waals surface area contributed by atoms with Crippen LogP contribution in [0.25, 0.3) is 0 Å². The molecule has 4 N–H and O–H groups in total. The van der Waals surface area contributed by atoms with Crippen LogP contribution in [-0.2, 0) is 9.59 Å². The van der Waals surface area contributed by atoms with Crippen LogP contribution in [0, 0.1) is 0 Å². The molecule has 2 amide bonds. The van der Waals surface area contributed by atoms with Gasteiger partial charge in [0.05, 0.1) is 11.9 Å². The highest BCUT2D eigenvalue weighted by Gasteiger charge is 2.43. The number of hydrogen-bond donors (Lipinski definition) is 3. The second-order valence-corrected chi connectivity index (χ2v) is 5.78. The number of rotatable bonds is 6. The van der Waals surface area contributed by atoms with Crippen LogP contribution in [0.5, 0.6) is 0 Å². The van der Waals surface area contributed by atoms with Crippen molar-refractivity contribution in [2.45, 2.75) is 50.7 Å². The molecule has 0 aromatic heterocycles. The molecular weight excluding hydrogens is 270 g/mol. The molecule has 1 aliphatic heterocycles. The Balaban J connectivity index is 1.94. The normalized spacial score (nSPS) is 27.3. The number of nitrogens with two attached hydrogens (primary N) is 1. The summed E-state index contributed by atoms with van der Waals surface area (Å²) in [7, 11) is 1.59. The summed E-state index contributed by atoms with van der Waals surface area (Å²) in [6.07, 6.45) is 3.80. The maximum absolute atomic E-state index is 12.3. The number of hydrogen-bond acceptors (Lipinski definition) is 4. The molecule has 2 unspecified atom stereocenters. The van der Waals surface area contributed by atoms with E-state index in [4.69, 9.17) is 5.73 Å². The van der Waals surface area contributed by atoms with E-state index in [9.17, 15) is 9.59 Å². The smallest absolute Gasteiger partial charge is 0.243 e. The summed E-state index contributed by atoms with van der Waals surface area (Å²) in [5.41, 5.74) is 5.51. The fraction of sp³-hybridized carbons (Fsp3) is 0.786. The zero-order chi connectivity index (χ0) is 15.4. The van der Waals surface area contributed by atoms with Crippen LogP contribution in [0.15, 0.2) is 4.99 Å². The molecule has 0 bridgehead atoms. The zero-order valence-corrected chi connectivity index (χ0v) is 12.8. The first-order valence-corrected chi connectivity index (χ1v) is 7.57. The summed E-state index contributed by atoms with van der Waals surface area (Å²) in [5.74, 6) is 0.396. The van der Waals surface area contributed by atoms with Gasteiger partial charge in [-0.25, -0.2) is 0 Å². The summed E-state index contributed by atoms with van der Waals surface area (Å²) >= 11 is 0. The number of carbonyl (C=O) groups excluding carboxylic acids is 2. The van der Waals surface area contributed by atoms with Gasteiger partial charge >= 0.3 is 0 Å². The van der Waals surface area contributed by atoms with Gasteiger partial charge in [-0.1, -0.05) is 0 Å². The van der Waals surface area contributed by atoms with E-state index >= 15 is 0 Å². The fourth-order valence-electron chi connectivity index (χ4n) is 2.77. The van der Waals surface area contributed by atoms with Gasteiger partial charge in [-0.05, 0) is 32.6 Å². The van der Waals surface area contributed by atoms with E-state index in [0.29, 0.717) is 25.0 Å². The average Bonchev–Trinajstić information content (AvgIpc) is 3.27. The SMILES string of the molecule is CNC(=O)C1CN(C2CC2)C(CCCN=C(C)N)C(=O)N1. The van der Waals surface area contributed by atoms with Gasteiger partial charge in [0.2, 0.25) is 11.8 Å². The molecule has 2 rings (SSSR count). The highest BCUT2D eigenvalue weighted by Crippen LogP contribution is 2.31. The van der Waals surface area contributed by atoms with Crippen molar-refractivity contribution < 1.29 is 9.59 Å². The molecule has 0 aromatic carbocycles.